The standard InChI is InChI=1S/C15H17IN4O2/c1-10-9-14(19-13-5-3-12(16)4-6-13)20-15(18-10)17-7-8-22-11(2)21/h3-6,9H,7-8H2,1-2H3,(H2,17,18,19,20). The van der Waals surface area contributed by atoms with Crippen molar-refractivity contribution in [3.63, 3.8) is 0 Å². The van der Waals surface area contributed by atoms with Crippen LogP contribution >= 0.6 is 22.6 Å². The van der Waals surface area contributed by atoms with Crippen molar-refractivity contribution in [2.45, 2.75) is 13.8 Å². The van der Waals surface area contributed by atoms with Crippen LogP contribution in [0.25, 0.3) is 0 Å². The Morgan fingerprint density at radius 3 is 2.68 bits per heavy atom. The summed E-state index contributed by atoms with van der Waals surface area (Å²) in [5, 5.41) is 6.28. The molecule has 1 aromatic heterocycles. The number of hydrogen-bond acceptors (Lipinski definition) is 6. The second-order valence-electron chi connectivity index (χ2n) is 4.62. The summed E-state index contributed by atoms with van der Waals surface area (Å²) < 4.78 is 6.03. The van der Waals surface area contributed by atoms with Crippen LogP contribution in [0.1, 0.15) is 12.6 Å². The number of ether oxygens (including phenoxy) is 1. The van der Waals surface area contributed by atoms with Gasteiger partial charge in [-0.05, 0) is 53.8 Å². The molecule has 7 heteroatoms. The normalized spacial score (nSPS) is 10.1. The fraction of sp³-hybridized carbons (Fsp3) is 0.267. The minimum Gasteiger partial charge on any atom is -0.464 e. The van der Waals surface area contributed by atoms with Crippen molar-refractivity contribution in [2.75, 3.05) is 23.8 Å². The van der Waals surface area contributed by atoms with E-state index in [1.54, 1.807) is 0 Å². The second kappa shape index (κ2) is 7.92. The summed E-state index contributed by atoms with van der Waals surface area (Å²) in [6.45, 7) is 4.03. The lowest BCUT2D eigenvalue weighted by Gasteiger charge is -2.10. The Hall–Kier alpha value is -1.90. The number of aryl methyl sites for hydroxylation is 1. The molecule has 1 aromatic carbocycles. The fourth-order valence-electron chi connectivity index (χ4n) is 1.75. The molecular weight excluding hydrogens is 395 g/mol. The molecule has 0 atom stereocenters. The highest BCUT2D eigenvalue weighted by Gasteiger charge is 2.03. The van der Waals surface area contributed by atoms with E-state index in [2.05, 4.69) is 43.2 Å². The zero-order valence-electron chi connectivity index (χ0n) is 12.4. The topological polar surface area (TPSA) is 76.1 Å². The Balaban J connectivity index is 2.00. The first-order chi connectivity index (χ1) is 10.5. The van der Waals surface area contributed by atoms with E-state index in [4.69, 9.17) is 4.74 Å². The molecule has 2 N–H and O–H groups in total. The molecule has 0 unspecified atom stereocenters. The van der Waals surface area contributed by atoms with Gasteiger partial charge in [-0.2, -0.15) is 4.98 Å². The lowest BCUT2D eigenvalue weighted by Crippen LogP contribution is -2.14. The van der Waals surface area contributed by atoms with Crippen molar-refractivity contribution < 1.29 is 9.53 Å². The van der Waals surface area contributed by atoms with Gasteiger partial charge in [0.15, 0.2) is 0 Å². The minimum atomic E-state index is -0.298. The van der Waals surface area contributed by atoms with E-state index >= 15 is 0 Å². The molecule has 2 aromatic rings. The summed E-state index contributed by atoms with van der Waals surface area (Å²) in [5.41, 5.74) is 1.81. The number of carbonyl (C=O) groups excluding carboxylic acids is 1. The third-order valence-corrected chi connectivity index (χ3v) is 3.38. The Bertz CT molecular complexity index is 646. The van der Waals surface area contributed by atoms with Crippen LogP contribution in [0.3, 0.4) is 0 Å². The molecule has 116 valence electrons. The molecule has 2 rings (SSSR count). The molecule has 0 bridgehead atoms. The second-order valence-corrected chi connectivity index (χ2v) is 5.86. The number of nitrogens with one attached hydrogen (secondary N) is 2. The Kier molecular flexibility index (Phi) is 5.93. The number of benzene rings is 1. The third kappa shape index (κ3) is 5.47. The summed E-state index contributed by atoms with van der Waals surface area (Å²) in [5.74, 6) is 0.914. The molecule has 0 spiro atoms. The van der Waals surface area contributed by atoms with Crippen molar-refractivity contribution >= 4 is 46.0 Å². The van der Waals surface area contributed by atoms with E-state index in [-0.39, 0.29) is 12.6 Å². The number of anilines is 3. The average Bonchev–Trinajstić information content (AvgIpc) is 2.45. The lowest BCUT2D eigenvalue weighted by atomic mass is 10.3. The van der Waals surface area contributed by atoms with E-state index in [1.807, 2.05) is 37.3 Å². The van der Waals surface area contributed by atoms with Crippen LogP contribution in [-0.4, -0.2) is 29.1 Å². The van der Waals surface area contributed by atoms with Gasteiger partial charge in [-0.1, -0.05) is 0 Å². The maximum absolute atomic E-state index is 10.7. The highest BCUT2D eigenvalue weighted by Crippen LogP contribution is 2.17. The molecule has 0 amide bonds. The number of carbonyl (C=O) groups is 1. The molecule has 0 saturated heterocycles. The van der Waals surface area contributed by atoms with Crippen LogP contribution in [0.2, 0.25) is 0 Å². The van der Waals surface area contributed by atoms with E-state index in [9.17, 15) is 4.79 Å². The predicted molar refractivity (Wildman–Crippen MR) is 94.3 cm³/mol. The van der Waals surface area contributed by atoms with E-state index in [0.29, 0.717) is 18.3 Å². The van der Waals surface area contributed by atoms with Gasteiger partial charge in [0.2, 0.25) is 5.95 Å². The predicted octanol–water partition coefficient (Wildman–Crippen LogP) is 3.11. The first kappa shape index (κ1) is 16.5. The zero-order valence-corrected chi connectivity index (χ0v) is 14.5. The molecular formula is C15H17IN4O2. The summed E-state index contributed by atoms with van der Waals surface area (Å²) in [6.07, 6.45) is 0. The van der Waals surface area contributed by atoms with Crippen LogP contribution in [0.5, 0.6) is 0 Å². The van der Waals surface area contributed by atoms with Crippen molar-refractivity contribution in [1.29, 1.82) is 0 Å². The molecule has 0 fully saturated rings. The van der Waals surface area contributed by atoms with Gasteiger partial charge in [-0.15, -0.1) is 0 Å². The maximum atomic E-state index is 10.7. The van der Waals surface area contributed by atoms with Gasteiger partial charge >= 0.3 is 5.97 Å². The summed E-state index contributed by atoms with van der Waals surface area (Å²) in [4.78, 5) is 19.4. The van der Waals surface area contributed by atoms with E-state index in [0.717, 1.165) is 11.4 Å². The SMILES string of the molecule is CC(=O)OCCNc1nc(C)cc(Nc2ccc(I)cc2)n1. The number of aromatic nitrogens is 2. The minimum absolute atomic E-state index is 0.284. The number of halogens is 1. The van der Waals surface area contributed by atoms with Gasteiger partial charge in [0, 0.05) is 27.9 Å². The van der Waals surface area contributed by atoms with Crippen LogP contribution < -0.4 is 10.6 Å². The fourth-order valence-corrected chi connectivity index (χ4v) is 2.11. The number of esters is 1. The molecule has 1 heterocycles. The molecule has 0 radical (unpaired) electrons. The highest BCUT2D eigenvalue weighted by atomic mass is 127. The largest absolute Gasteiger partial charge is 0.464 e. The van der Waals surface area contributed by atoms with Gasteiger partial charge in [-0.25, -0.2) is 4.98 Å². The quantitative estimate of drug-likeness (QED) is 0.432. The molecule has 0 aliphatic heterocycles. The van der Waals surface area contributed by atoms with Gasteiger partial charge in [0.05, 0.1) is 6.54 Å². The molecule has 6 nitrogen and oxygen atoms in total. The van der Waals surface area contributed by atoms with Gasteiger partial charge < -0.3 is 15.4 Å². The van der Waals surface area contributed by atoms with Crippen LogP contribution in [-0.2, 0) is 9.53 Å². The molecule has 0 aliphatic rings. The van der Waals surface area contributed by atoms with Crippen molar-refractivity contribution in [3.8, 4) is 0 Å². The first-order valence-corrected chi connectivity index (χ1v) is 7.86. The summed E-state index contributed by atoms with van der Waals surface area (Å²) in [7, 11) is 0. The Labute approximate surface area is 142 Å². The molecule has 22 heavy (non-hydrogen) atoms. The number of nitrogens with zero attached hydrogens (tertiary/aromatic N) is 2. The lowest BCUT2D eigenvalue weighted by molar-refractivity contribution is -0.140. The Morgan fingerprint density at radius 1 is 1.27 bits per heavy atom. The van der Waals surface area contributed by atoms with Gasteiger partial charge in [0.1, 0.15) is 12.4 Å². The van der Waals surface area contributed by atoms with Gasteiger partial charge in [-0.3, -0.25) is 4.79 Å². The zero-order chi connectivity index (χ0) is 15.9. The highest BCUT2D eigenvalue weighted by molar-refractivity contribution is 14.1. The number of hydrogen-bond donors (Lipinski definition) is 2. The van der Waals surface area contributed by atoms with Crippen LogP contribution in [0, 0.1) is 10.5 Å². The summed E-state index contributed by atoms with van der Waals surface area (Å²) >= 11 is 2.26. The van der Waals surface area contributed by atoms with Crippen molar-refractivity contribution in [3.05, 3.63) is 39.6 Å². The monoisotopic (exact) mass is 412 g/mol. The van der Waals surface area contributed by atoms with Crippen LogP contribution in [0.4, 0.5) is 17.5 Å². The van der Waals surface area contributed by atoms with Crippen LogP contribution in [0.15, 0.2) is 30.3 Å². The summed E-state index contributed by atoms with van der Waals surface area (Å²) in [6, 6.07) is 9.90. The first-order valence-electron chi connectivity index (χ1n) is 6.78. The van der Waals surface area contributed by atoms with Gasteiger partial charge in [0.25, 0.3) is 0 Å². The third-order valence-electron chi connectivity index (χ3n) is 2.66. The maximum Gasteiger partial charge on any atom is 0.302 e. The average molecular weight is 412 g/mol. The smallest absolute Gasteiger partial charge is 0.302 e. The molecule has 0 aliphatic carbocycles. The number of rotatable bonds is 6. The van der Waals surface area contributed by atoms with Crippen molar-refractivity contribution in [2.24, 2.45) is 0 Å². The van der Waals surface area contributed by atoms with E-state index < -0.39 is 0 Å². The Morgan fingerprint density at radius 2 is 2.00 bits per heavy atom. The van der Waals surface area contributed by atoms with Crippen molar-refractivity contribution in [1.82, 2.24) is 9.97 Å². The molecule has 0 saturated carbocycles. The van der Waals surface area contributed by atoms with E-state index in [1.165, 1.54) is 10.5 Å².